The van der Waals surface area contributed by atoms with E-state index < -0.39 is 5.60 Å². The van der Waals surface area contributed by atoms with Crippen molar-refractivity contribution in [3.05, 3.63) is 34.9 Å². The number of aryl methyl sites for hydroxylation is 1. The van der Waals surface area contributed by atoms with E-state index in [1.54, 1.807) is 11.8 Å². The van der Waals surface area contributed by atoms with Crippen LogP contribution in [0.25, 0.3) is 0 Å². The maximum atomic E-state index is 11.7. The lowest BCUT2D eigenvalue weighted by molar-refractivity contribution is -0.122. The van der Waals surface area contributed by atoms with Crippen LogP contribution in [0.15, 0.2) is 24.3 Å². The number of nitrogens with one attached hydrogen (secondary N) is 1. The second-order valence-electron chi connectivity index (χ2n) is 5.28. The van der Waals surface area contributed by atoms with Crippen LogP contribution in [0.3, 0.4) is 0 Å². The summed E-state index contributed by atoms with van der Waals surface area (Å²) in [6.45, 7) is 0.375. The van der Waals surface area contributed by atoms with Gasteiger partial charge in [-0.3, -0.25) is 4.79 Å². The standard InChI is InChI=1S/C15H20ClNO2S/c16-13-6-4-12(5-7-13)2-1-3-14(18)17-10-15(19)8-9-20-11-15/h4-7,19H,1-3,8-11H2,(H,17,18). The molecule has 0 radical (unpaired) electrons. The summed E-state index contributed by atoms with van der Waals surface area (Å²) in [5, 5.41) is 13.7. The molecule has 0 bridgehead atoms. The Morgan fingerprint density at radius 2 is 2.15 bits per heavy atom. The second-order valence-corrected chi connectivity index (χ2v) is 6.83. The van der Waals surface area contributed by atoms with Crippen LogP contribution >= 0.6 is 23.4 Å². The molecule has 1 atom stereocenters. The number of halogens is 1. The first kappa shape index (κ1) is 15.7. The average Bonchev–Trinajstić information content (AvgIpc) is 2.86. The molecule has 1 fully saturated rings. The number of rotatable bonds is 6. The first-order chi connectivity index (χ1) is 9.57. The second kappa shape index (κ2) is 7.34. The van der Waals surface area contributed by atoms with Crippen LogP contribution in [-0.4, -0.2) is 34.7 Å². The number of benzene rings is 1. The number of hydrogen-bond donors (Lipinski definition) is 2. The molecule has 5 heteroatoms. The molecule has 1 amide bonds. The molecule has 1 heterocycles. The summed E-state index contributed by atoms with van der Waals surface area (Å²) in [6, 6.07) is 7.70. The molecular weight excluding hydrogens is 294 g/mol. The lowest BCUT2D eigenvalue weighted by Crippen LogP contribution is -2.42. The van der Waals surface area contributed by atoms with Crippen LogP contribution in [0.2, 0.25) is 5.02 Å². The summed E-state index contributed by atoms with van der Waals surface area (Å²) in [6.07, 6.45) is 2.93. The first-order valence-electron chi connectivity index (χ1n) is 6.89. The maximum Gasteiger partial charge on any atom is 0.220 e. The van der Waals surface area contributed by atoms with Crippen molar-refractivity contribution < 1.29 is 9.90 Å². The van der Waals surface area contributed by atoms with Gasteiger partial charge < -0.3 is 10.4 Å². The van der Waals surface area contributed by atoms with Gasteiger partial charge in [0.2, 0.25) is 5.91 Å². The molecule has 1 saturated heterocycles. The summed E-state index contributed by atoms with van der Waals surface area (Å²) in [7, 11) is 0. The smallest absolute Gasteiger partial charge is 0.220 e. The third-order valence-corrected chi connectivity index (χ3v) is 4.97. The van der Waals surface area contributed by atoms with Gasteiger partial charge in [-0.05, 0) is 42.7 Å². The van der Waals surface area contributed by atoms with Crippen molar-refractivity contribution >= 4 is 29.3 Å². The molecule has 20 heavy (non-hydrogen) atoms. The Morgan fingerprint density at radius 3 is 2.80 bits per heavy atom. The maximum absolute atomic E-state index is 11.7. The van der Waals surface area contributed by atoms with E-state index in [-0.39, 0.29) is 5.91 Å². The highest BCUT2D eigenvalue weighted by Gasteiger charge is 2.31. The van der Waals surface area contributed by atoms with Gasteiger partial charge in [0.1, 0.15) is 0 Å². The Bertz CT molecular complexity index is 444. The number of carbonyl (C=O) groups is 1. The van der Waals surface area contributed by atoms with Gasteiger partial charge in [-0.1, -0.05) is 23.7 Å². The summed E-state index contributed by atoms with van der Waals surface area (Å²) >= 11 is 7.56. The molecule has 1 aromatic carbocycles. The zero-order chi connectivity index (χ0) is 14.4. The van der Waals surface area contributed by atoms with Crippen molar-refractivity contribution in [3.8, 4) is 0 Å². The van der Waals surface area contributed by atoms with E-state index in [4.69, 9.17) is 11.6 Å². The van der Waals surface area contributed by atoms with Gasteiger partial charge in [-0.25, -0.2) is 0 Å². The SMILES string of the molecule is O=C(CCCc1ccc(Cl)cc1)NCC1(O)CCSC1. The predicted octanol–water partition coefficient (Wildman–Crippen LogP) is 2.65. The summed E-state index contributed by atoms with van der Waals surface area (Å²) in [4.78, 5) is 11.7. The van der Waals surface area contributed by atoms with Crippen molar-refractivity contribution in [3.63, 3.8) is 0 Å². The molecular formula is C15H20ClNO2S. The van der Waals surface area contributed by atoms with Gasteiger partial charge in [0.15, 0.2) is 0 Å². The van der Waals surface area contributed by atoms with E-state index in [0.717, 1.165) is 35.8 Å². The monoisotopic (exact) mass is 313 g/mol. The topological polar surface area (TPSA) is 49.3 Å². The molecule has 0 aliphatic carbocycles. The Hall–Kier alpha value is -0.710. The zero-order valence-electron chi connectivity index (χ0n) is 11.4. The highest BCUT2D eigenvalue weighted by molar-refractivity contribution is 7.99. The van der Waals surface area contributed by atoms with E-state index in [9.17, 15) is 9.90 Å². The van der Waals surface area contributed by atoms with Gasteiger partial charge in [-0.2, -0.15) is 11.8 Å². The minimum Gasteiger partial charge on any atom is -0.387 e. The van der Waals surface area contributed by atoms with Crippen LogP contribution in [0, 0.1) is 0 Å². The largest absolute Gasteiger partial charge is 0.387 e. The van der Waals surface area contributed by atoms with Gasteiger partial charge in [0.25, 0.3) is 0 Å². The van der Waals surface area contributed by atoms with Gasteiger partial charge in [0, 0.05) is 23.7 Å². The summed E-state index contributed by atoms with van der Waals surface area (Å²) in [5.41, 5.74) is 0.490. The van der Waals surface area contributed by atoms with Crippen LogP contribution in [0.1, 0.15) is 24.8 Å². The molecule has 0 spiro atoms. The first-order valence-corrected chi connectivity index (χ1v) is 8.42. The van der Waals surface area contributed by atoms with E-state index in [0.29, 0.717) is 13.0 Å². The molecule has 1 aliphatic heterocycles. The number of amides is 1. The molecule has 0 saturated carbocycles. The van der Waals surface area contributed by atoms with Crippen molar-refractivity contribution in [1.82, 2.24) is 5.32 Å². The predicted molar refractivity (Wildman–Crippen MR) is 84.3 cm³/mol. The normalized spacial score (nSPS) is 21.9. The van der Waals surface area contributed by atoms with E-state index >= 15 is 0 Å². The number of thioether (sulfide) groups is 1. The third-order valence-electron chi connectivity index (χ3n) is 3.48. The van der Waals surface area contributed by atoms with Crippen molar-refractivity contribution in [2.75, 3.05) is 18.1 Å². The van der Waals surface area contributed by atoms with Gasteiger partial charge in [0.05, 0.1) is 5.60 Å². The van der Waals surface area contributed by atoms with E-state index in [1.165, 1.54) is 5.56 Å². The Balaban J connectivity index is 1.64. The molecule has 3 nitrogen and oxygen atoms in total. The fourth-order valence-corrected chi connectivity index (χ4v) is 3.61. The van der Waals surface area contributed by atoms with Crippen LogP contribution in [0.5, 0.6) is 0 Å². The highest BCUT2D eigenvalue weighted by atomic mass is 35.5. The highest BCUT2D eigenvalue weighted by Crippen LogP contribution is 2.26. The van der Waals surface area contributed by atoms with Crippen LogP contribution in [-0.2, 0) is 11.2 Å². The zero-order valence-corrected chi connectivity index (χ0v) is 13.0. The van der Waals surface area contributed by atoms with E-state index in [1.807, 2.05) is 24.3 Å². The van der Waals surface area contributed by atoms with Gasteiger partial charge in [-0.15, -0.1) is 0 Å². The van der Waals surface area contributed by atoms with E-state index in [2.05, 4.69) is 5.32 Å². The molecule has 110 valence electrons. The molecule has 1 unspecified atom stereocenters. The van der Waals surface area contributed by atoms with Gasteiger partial charge >= 0.3 is 0 Å². The summed E-state index contributed by atoms with van der Waals surface area (Å²) < 4.78 is 0. The molecule has 0 aromatic heterocycles. The number of carbonyl (C=O) groups excluding carboxylic acids is 1. The van der Waals surface area contributed by atoms with Crippen molar-refractivity contribution in [1.29, 1.82) is 0 Å². The molecule has 2 rings (SSSR count). The molecule has 1 aliphatic rings. The van der Waals surface area contributed by atoms with Crippen LogP contribution in [0.4, 0.5) is 0 Å². The van der Waals surface area contributed by atoms with Crippen molar-refractivity contribution in [2.24, 2.45) is 0 Å². The van der Waals surface area contributed by atoms with Crippen LogP contribution < -0.4 is 5.32 Å². The number of aliphatic hydroxyl groups is 1. The number of hydrogen-bond acceptors (Lipinski definition) is 3. The lowest BCUT2D eigenvalue weighted by Gasteiger charge is -2.21. The Morgan fingerprint density at radius 1 is 1.40 bits per heavy atom. The lowest BCUT2D eigenvalue weighted by atomic mass is 10.0. The molecule has 2 N–H and O–H groups in total. The molecule has 1 aromatic rings. The fraction of sp³-hybridized carbons (Fsp3) is 0.533. The Kier molecular flexibility index (Phi) is 5.75. The fourth-order valence-electron chi connectivity index (χ4n) is 2.19. The Labute approximate surface area is 129 Å². The average molecular weight is 314 g/mol. The minimum absolute atomic E-state index is 0.0179. The quantitative estimate of drug-likeness (QED) is 0.849. The minimum atomic E-state index is -0.698. The summed E-state index contributed by atoms with van der Waals surface area (Å²) in [5.74, 6) is 1.71. The van der Waals surface area contributed by atoms with Crippen molar-refractivity contribution in [2.45, 2.75) is 31.3 Å². The third kappa shape index (κ3) is 5.00.